The highest BCUT2D eigenvalue weighted by molar-refractivity contribution is 6.30. The van der Waals surface area contributed by atoms with Crippen LogP contribution in [0.5, 0.6) is 0 Å². The number of carbonyl (C=O) groups excluding carboxylic acids is 2. The van der Waals surface area contributed by atoms with Crippen molar-refractivity contribution in [1.29, 1.82) is 0 Å². The molecule has 0 unspecified atom stereocenters. The SMILES string of the molecule is CC1(C)CN(C(=O)[C@@H](CCCCN)NC(=O)C2CCCC2)CC[C@]1(O)c1ccc(Cl)cc1. The van der Waals surface area contributed by atoms with E-state index in [1.54, 1.807) is 12.1 Å². The number of halogens is 1. The van der Waals surface area contributed by atoms with Crippen LogP contribution in [0.3, 0.4) is 0 Å². The maximum atomic E-state index is 13.5. The lowest BCUT2D eigenvalue weighted by atomic mass is 9.66. The number of carbonyl (C=O) groups is 2. The van der Waals surface area contributed by atoms with E-state index in [0.717, 1.165) is 44.1 Å². The second-order valence-corrected chi connectivity index (χ2v) is 10.5. The van der Waals surface area contributed by atoms with Gasteiger partial charge in [-0.1, -0.05) is 50.4 Å². The Morgan fingerprint density at radius 2 is 1.88 bits per heavy atom. The fourth-order valence-electron chi connectivity index (χ4n) is 5.22. The van der Waals surface area contributed by atoms with E-state index in [0.29, 0.717) is 37.5 Å². The number of piperidine rings is 1. The summed E-state index contributed by atoms with van der Waals surface area (Å²) in [5.41, 5.74) is 4.84. The Morgan fingerprint density at radius 1 is 1.22 bits per heavy atom. The lowest BCUT2D eigenvalue weighted by Gasteiger charge is -2.51. The predicted octanol–water partition coefficient (Wildman–Crippen LogP) is 3.59. The van der Waals surface area contributed by atoms with Crippen LogP contribution in [0.4, 0.5) is 0 Å². The molecule has 2 atom stereocenters. The van der Waals surface area contributed by atoms with Crippen LogP contribution < -0.4 is 11.1 Å². The van der Waals surface area contributed by atoms with E-state index >= 15 is 0 Å². The molecule has 0 spiro atoms. The van der Waals surface area contributed by atoms with Crippen molar-refractivity contribution in [3.63, 3.8) is 0 Å². The van der Waals surface area contributed by atoms with Crippen LogP contribution in [0, 0.1) is 11.3 Å². The normalized spacial score (nSPS) is 24.3. The average Bonchev–Trinajstić information content (AvgIpc) is 3.30. The van der Waals surface area contributed by atoms with E-state index in [1.165, 1.54) is 0 Å². The van der Waals surface area contributed by atoms with Crippen LogP contribution in [0.25, 0.3) is 0 Å². The summed E-state index contributed by atoms with van der Waals surface area (Å²) in [7, 11) is 0. The fraction of sp³-hybridized carbons (Fsp3) is 0.680. The van der Waals surface area contributed by atoms with Gasteiger partial charge in [0.15, 0.2) is 0 Å². The van der Waals surface area contributed by atoms with Gasteiger partial charge in [0.1, 0.15) is 6.04 Å². The molecule has 0 aromatic heterocycles. The molecule has 1 heterocycles. The molecule has 7 heteroatoms. The largest absolute Gasteiger partial charge is 0.384 e. The molecule has 3 rings (SSSR count). The molecule has 0 radical (unpaired) electrons. The Kier molecular flexibility index (Phi) is 8.23. The first kappa shape index (κ1) is 25.0. The van der Waals surface area contributed by atoms with Crippen molar-refractivity contribution in [2.24, 2.45) is 17.1 Å². The second kappa shape index (κ2) is 10.5. The van der Waals surface area contributed by atoms with Crippen LogP contribution >= 0.6 is 11.6 Å². The smallest absolute Gasteiger partial charge is 0.245 e. The Labute approximate surface area is 196 Å². The van der Waals surface area contributed by atoms with Gasteiger partial charge >= 0.3 is 0 Å². The number of nitrogens with zero attached hydrogens (tertiary/aromatic N) is 1. The molecule has 2 amide bonds. The van der Waals surface area contributed by atoms with Gasteiger partial charge in [-0.05, 0) is 62.8 Å². The molecule has 1 aromatic rings. The van der Waals surface area contributed by atoms with Gasteiger partial charge in [0.2, 0.25) is 11.8 Å². The van der Waals surface area contributed by atoms with E-state index < -0.39 is 17.1 Å². The summed E-state index contributed by atoms with van der Waals surface area (Å²) in [5, 5.41) is 15.3. The van der Waals surface area contributed by atoms with Gasteiger partial charge in [-0.15, -0.1) is 0 Å². The van der Waals surface area contributed by atoms with Crippen molar-refractivity contribution in [2.75, 3.05) is 19.6 Å². The third-order valence-corrected chi connectivity index (χ3v) is 7.62. The molecular formula is C25H38ClN3O3. The highest BCUT2D eigenvalue weighted by Gasteiger charge is 2.50. The molecule has 1 aliphatic heterocycles. The summed E-state index contributed by atoms with van der Waals surface area (Å²) >= 11 is 6.03. The van der Waals surface area contributed by atoms with Crippen molar-refractivity contribution in [1.82, 2.24) is 10.2 Å². The number of hydrogen-bond donors (Lipinski definition) is 3. The Bertz CT molecular complexity index is 792. The maximum Gasteiger partial charge on any atom is 0.245 e. The monoisotopic (exact) mass is 463 g/mol. The third kappa shape index (κ3) is 5.46. The predicted molar refractivity (Wildman–Crippen MR) is 127 cm³/mol. The van der Waals surface area contributed by atoms with Crippen molar-refractivity contribution in [3.05, 3.63) is 34.9 Å². The highest BCUT2D eigenvalue weighted by atomic mass is 35.5. The molecule has 6 nitrogen and oxygen atoms in total. The van der Waals surface area contributed by atoms with Gasteiger partial charge in [0, 0.05) is 29.4 Å². The van der Waals surface area contributed by atoms with Crippen molar-refractivity contribution < 1.29 is 14.7 Å². The van der Waals surface area contributed by atoms with Gasteiger partial charge in [0.05, 0.1) is 5.60 Å². The molecule has 1 saturated carbocycles. The zero-order chi connectivity index (χ0) is 23.4. The zero-order valence-corrected chi connectivity index (χ0v) is 20.2. The Hall–Kier alpha value is -1.63. The lowest BCUT2D eigenvalue weighted by molar-refractivity contribution is -0.156. The first-order valence-corrected chi connectivity index (χ1v) is 12.3. The minimum absolute atomic E-state index is 0.00235. The first-order valence-electron chi connectivity index (χ1n) is 12.0. The fourth-order valence-corrected chi connectivity index (χ4v) is 5.35. The molecule has 1 aromatic carbocycles. The molecule has 4 N–H and O–H groups in total. The summed E-state index contributed by atoms with van der Waals surface area (Å²) in [6.07, 6.45) is 6.60. The van der Waals surface area contributed by atoms with Gasteiger partial charge in [0.25, 0.3) is 0 Å². The number of nitrogens with one attached hydrogen (secondary N) is 1. The van der Waals surface area contributed by atoms with Crippen molar-refractivity contribution in [2.45, 2.75) is 76.9 Å². The van der Waals surface area contributed by atoms with Gasteiger partial charge < -0.3 is 21.1 Å². The van der Waals surface area contributed by atoms with Crippen LogP contribution in [0.1, 0.15) is 70.8 Å². The van der Waals surface area contributed by atoms with Gasteiger partial charge in [-0.3, -0.25) is 9.59 Å². The number of hydrogen-bond acceptors (Lipinski definition) is 4. The summed E-state index contributed by atoms with van der Waals surface area (Å²) in [6.45, 7) is 5.40. The van der Waals surface area contributed by atoms with Crippen molar-refractivity contribution >= 4 is 23.4 Å². The summed E-state index contributed by atoms with van der Waals surface area (Å²) in [5.74, 6) is -0.0326. The van der Waals surface area contributed by atoms with E-state index in [9.17, 15) is 14.7 Å². The molecule has 1 saturated heterocycles. The molecular weight excluding hydrogens is 426 g/mol. The number of benzene rings is 1. The average molecular weight is 464 g/mol. The Balaban J connectivity index is 1.72. The number of rotatable bonds is 8. The number of unbranched alkanes of at least 4 members (excludes halogenated alkanes) is 1. The number of likely N-dealkylation sites (tertiary alicyclic amines) is 1. The van der Waals surface area contributed by atoms with E-state index in [-0.39, 0.29) is 17.7 Å². The standard InChI is InChI=1S/C25H38ClN3O3/c1-24(2)17-29(16-14-25(24,32)19-10-12-20(26)13-11-19)23(31)21(9-5-6-15-27)28-22(30)18-7-3-4-8-18/h10-13,18,21,32H,3-9,14-17,27H2,1-2H3,(H,28,30)/t21-,25+/m1/s1. The number of aliphatic hydroxyl groups is 1. The molecule has 32 heavy (non-hydrogen) atoms. The third-order valence-electron chi connectivity index (χ3n) is 7.37. The first-order chi connectivity index (χ1) is 15.2. The summed E-state index contributed by atoms with van der Waals surface area (Å²) < 4.78 is 0. The summed E-state index contributed by atoms with van der Waals surface area (Å²) in [6, 6.07) is 6.76. The molecule has 2 fully saturated rings. The maximum absolute atomic E-state index is 13.5. The van der Waals surface area contributed by atoms with Crippen LogP contribution in [-0.2, 0) is 15.2 Å². The topological polar surface area (TPSA) is 95.7 Å². The Morgan fingerprint density at radius 3 is 2.47 bits per heavy atom. The van der Waals surface area contributed by atoms with Crippen LogP contribution in [0.2, 0.25) is 5.02 Å². The number of amides is 2. The van der Waals surface area contributed by atoms with Crippen molar-refractivity contribution in [3.8, 4) is 0 Å². The number of nitrogens with two attached hydrogens (primary N) is 1. The van der Waals surface area contributed by atoms with Gasteiger partial charge in [-0.2, -0.15) is 0 Å². The molecule has 1 aliphatic carbocycles. The highest BCUT2D eigenvalue weighted by Crippen LogP contribution is 2.46. The quantitative estimate of drug-likeness (QED) is 0.513. The zero-order valence-electron chi connectivity index (χ0n) is 19.4. The lowest BCUT2D eigenvalue weighted by Crippen LogP contribution is -2.60. The van der Waals surface area contributed by atoms with E-state index in [2.05, 4.69) is 5.32 Å². The van der Waals surface area contributed by atoms with Crippen LogP contribution in [-0.4, -0.2) is 47.5 Å². The van der Waals surface area contributed by atoms with Gasteiger partial charge in [-0.25, -0.2) is 0 Å². The molecule has 0 bridgehead atoms. The minimum atomic E-state index is -1.06. The summed E-state index contributed by atoms with van der Waals surface area (Å²) in [4.78, 5) is 28.1. The second-order valence-electron chi connectivity index (χ2n) is 10.1. The molecule has 2 aliphatic rings. The minimum Gasteiger partial charge on any atom is -0.384 e. The molecule has 178 valence electrons. The van der Waals surface area contributed by atoms with E-state index in [1.807, 2.05) is 30.9 Å². The van der Waals surface area contributed by atoms with E-state index in [4.69, 9.17) is 17.3 Å². The van der Waals surface area contributed by atoms with Crippen LogP contribution in [0.15, 0.2) is 24.3 Å².